The van der Waals surface area contributed by atoms with Crippen molar-refractivity contribution in [3.05, 3.63) is 47.0 Å². The Morgan fingerprint density at radius 2 is 1.58 bits per heavy atom. The summed E-state index contributed by atoms with van der Waals surface area (Å²) in [5, 5.41) is 0. The molecular formula is C25H31N3O5. The Bertz CT molecular complexity index is 1020. The van der Waals surface area contributed by atoms with Crippen LogP contribution >= 0.6 is 0 Å². The smallest absolute Gasteiger partial charge is 0.237 e. The number of methoxy groups -OCH3 is 2. The van der Waals surface area contributed by atoms with Crippen LogP contribution in [0.1, 0.15) is 16.7 Å². The maximum Gasteiger partial charge on any atom is 0.237 e. The highest BCUT2D eigenvalue weighted by Crippen LogP contribution is 2.34. The fourth-order valence-corrected chi connectivity index (χ4v) is 4.79. The first-order chi connectivity index (χ1) is 16.1. The molecular weight excluding hydrogens is 422 g/mol. The summed E-state index contributed by atoms with van der Waals surface area (Å²) in [6.07, 6.45) is 0.838. The molecule has 2 aromatic carbocycles. The van der Waals surface area contributed by atoms with E-state index >= 15 is 0 Å². The molecule has 3 heterocycles. The normalized spacial score (nSPS) is 18.2. The van der Waals surface area contributed by atoms with E-state index in [0.717, 1.165) is 68.5 Å². The zero-order valence-corrected chi connectivity index (χ0v) is 19.3. The molecule has 0 bridgehead atoms. The van der Waals surface area contributed by atoms with Crippen LogP contribution in [-0.4, -0.2) is 80.9 Å². The molecule has 0 aliphatic carbocycles. The average molecular weight is 454 g/mol. The Balaban J connectivity index is 1.12. The van der Waals surface area contributed by atoms with Crippen molar-refractivity contribution in [2.45, 2.75) is 19.5 Å². The Hall–Kier alpha value is -2.97. The molecule has 2 aromatic rings. The van der Waals surface area contributed by atoms with E-state index < -0.39 is 0 Å². The van der Waals surface area contributed by atoms with E-state index in [1.807, 2.05) is 23.1 Å². The fourth-order valence-electron chi connectivity index (χ4n) is 4.79. The molecule has 0 atom stereocenters. The molecule has 33 heavy (non-hydrogen) atoms. The van der Waals surface area contributed by atoms with E-state index in [-0.39, 0.29) is 5.91 Å². The van der Waals surface area contributed by atoms with Crippen molar-refractivity contribution in [3.63, 3.8) is 0 Å². The molecule has 3 aliphatic heterocycles. The first-order valence-corrected chi connectivity index (χ1v) is 11.5. The number of carbonyl (C=O) groups is 1. The van der Waals surface area contributed by atoms with Crippen LogP contribution < -0.4 is 18.9 Å². The van der Waals surface area contributed by atoms with Crippen molar-refractivity contribution in [1.29, 1.82) is 0 Å². The van der Waals surface area contributed by atoms with E-state index in [1.54, 1.807) is 14.2 Å². The number of nitrogens with zero attached hydrogens (tertiary/aromatic N) is 3. The predicted octanol–water partition coefficient (Wildman–Crippen LogP) is 2.13. The van der Waals surface area contributed by atoms with Crippen LogP contribution in [0.3, 0.4) is 0 Å². The van der Waals surface area contributed by atoms with Gasteiger partial charge in [0.25, 0.3) is 0 Å². The highest BCUT2D eigenvalue weighted by atomic mass is 16.7. The molecule has 1 fully saturated rings. The molecule has 0 saturated carbocycles. The van der Waals surface area contributed by atoms with Crippen LogP contribution in [0.4, 0.5) is 0 Å². The van der Waals surface area contributed by atoms with Gasteiger partial charge in [-0.2, -0.15) is 0 Å². The van der Waals surface area contributed by atoms with Gasteiger partial charge in [0.1, 0.15) is 0 Å². The summed E-state index contributed by atoms with van der Waals surface area (Å²) in [6, 6.07) is 10.2. The Morgan fingerprint density at radius 3 is 2.33 bits per heavy atom. The van der Waals surface area contributed by atoms with Gasteiger partial charge in [-0.25, -0.2) is 0 Å². The Labute approximate surface area is 194 Å². The maximum absolute atomic E-state index is 13.0. The zero-order valence-electron chi connectivity index (χ0n) is 19.3. The minimum atomic E-state index is 0.194. The number of hydrogen-bond acceptors (Lipinski definition) is 7. The van der Waals surface area contributed by atoms with Crippen LogP contribution in [0, 0.1) is 0 Å². The quantitative estimate of drug-likeness (QED) is 0.664. The number of piperazine rings is 1. The molecule has 5 rings (SSSR count). The van der Waals surface area contributed by atoms with Crippen molar-refractivity contribution in [1.82, 2.24) is 14.7 Å². The minimum absolute atomic E-state index is 0.194. The van der Waals surface area contributed by atoms with Crippen molar-refractivity contribution < 1.29 is 23.7 Å². The second-order valence-electron chi connectivity index (χ2n) is 8.78. The topological polar surface area (TPSA) is 63.7 Å². The number of rotatable bonds is 6. The molecule has 176 valence electrons. The standard InChI is InChI=1S/C25H31N3O5/c1-30-22-12-19-5-6-28(15-20(19)13-23(22)31-2)25(29)16-27-9-7-26(8-10-27)14-18-3-4-21-24(11-18)33-17-32-21/h3-4,11-13H,5-10,14-17H2,1-2H3. The van der Waals surface area contributed by atoms with E-state index in [4.69, 9.17) is 18.9 Å². The summed E-state index contributed by atoms with van der Waals surface area (Å²) in [7, 11) is 3.29. The maximum atomic E-state index is 13.0. The lowest BCUT2D eigenvalue weighted by Gasteiger charge is -2.36. The molecule has 0 unspecified atom stereocenters. The van der Waals surface area contributed by atoms with Gasteiger partial charge in [-0.3, -0.25) is 14.6 Å². The lowest BCUT2D eigenvalue weighted by molar-refractivity contribution is -0.133. The lowest BCUT2D eigenvalue weighted by atomic mass is 9.98. The summed E-state index contributed by atoms with van der Waals surface area (Å²) in [5.74, 6) is 3.30. The van der Waals surface area contributed by atoms with Crippen LogP contribution in [-0.2, 0) is 24.3 Å². The summed E-state index contributed by atoms with van der Waals surface area (Å²) in [4.78, 5) is 19.7. The zero-order chi connectivity index (χ0) is 22.8. The molecule has 8 heteroatoms. The van der Waals surface area contributed by atoms with Gasteiger partial charge in [-0.05, 0) is 47.4 Å². The highest BCUT2D eigenvalue weighted by molar-refractivity contribution is 5.78. The van der Waals surface area contributed by atoms with Gasteiger partial charge in [0.15, 0.2) is 23.0 Å². The van der Waals surface area contributed by atoms with E-state index in [0.29, 0.717) is 25.6 Å². The fraction of sp³-hybridized carbons (Fsp3) is 0.480. The van der Waals surface area contributed by atoms with Crippen LogP contribution in [0.5, 0.6) is 23.0 Å². The van der Waals surface area contributed by atoms with Crippen molar-refractivity contribution >= 4 is 5.91 Å². The molecule has 1 saturated heterocycles. The van der Waals surface area contributed by atoms with E-state index in [9.17, 15) is 4.79 Å². The Kier molecular flexibility index (Phi) is 6.28. The highest BCUT2D eigenvalue weighted by Gasteiger charge is 2.26. The van der Waals surface area contributed by atoms with Crippen molar-refractivity contribution in [3.8, 4) is 23.0 Å². The molecule has 0 aromatic heterocycles. The SMILES string of the molecule is COc1cc2c(cc1OC)CN(C(=O)CN1CCN(Cc3ccc4c(c3)OCO4)CC1)CC2. The van der Waals surface area contributed by atoms with Gasteiger partial charge in [-0.1, -0.05) is 6.07 Å². The van der Waals surface area contributed by atoms with Crippen molar-refractivity contribution in [2.75, 3.05) is 60.3 Å². The molecule has 0 radical (unpaired) electrons. The largest absolute Gasteiger partial charge is 0.493 e. The van der Waals surface area contributed by atoms with E-state index in [2.05, 4.69) is 21.9 Å². The number of ether oxygens (including phenoxy) is 4. The van der Waals surface area contributed by atoms with E-state index in [1.165, 1.54) is 11.1 Å². The Morgan fingerprint density at radius 1 is 0.879 bits per heavy atom. The summed E-state index contributed by atoms with van der Waals surface area (Å²) >= 11 is 0. The van der Waals surface area contributed by atoms with Gasteiger partial charge < -0.3 is 23.8 Å². The molecule has 0 spiro atoms. The van der Waals surface area contributed by atoms with Gasteiger partial charge in [0.05, 0.1) is 20.8 Å². The molecule has 1 amide bonds. The number of hydrogen-bond donors (Lipinski definition) is 0. The van der Waals surface area contributed by atoms with Crippen molar-refractivity contribution in [2.24, 2.45) is 0 Å². The second-order valence-corrected chi connectivity index (χ2v) is 8.78. The molecule has 0 N–H and O–H groups in total. The van der Waals surface area contributed by atoms with Gasteiger partial charge >= 0.3 is 0 Å². The monoisotopic (exact) mass is 453 g/mol. The van der Waals surface area contributed by atoms with Gasteiger partial charge in [0, 0.05) is 45.8 Å². The number of carbonyl (C=O) groups excluding carboxylic acids is 1. The van der Waals surface area contributed by atoms with Crippen LogP contribution in [0.2, 0.25) is 0 Å². The first kappa shape index (κ1) is 21.9. The van der Waals surface area contributed by atoms with Crippen LogP contribution in [0.15, 0.2) is 30.3 Å². The lowest BCUT2D eigenvalue weighted by Crippen LogP contribution is -2.50. The first-order valence-electron chi connectivity index (χ1n) is 11.5. The minimum Gasteiger partial charge on any atom is -0.493 e. The summed E-state index contributed by atoms with van der Waals surface area (Å²) < 4.78 is 21.7. The van der Waals surface area contributed by atoms with Crippen LogP contribution in [0.25, 0.3) is 0 Å². The summed E-state index contributed by atoms with van der Waals surface area (Å²) in [5.41, 5.74) is 3.59. The van der Waals surface area contributed by atoms with Gasteiger partial charge in [0.2, 0.25) is 12.7 Å². The average Bonchev–Trinajstić information content (AvgIpc) is 3.32. The summed E-state index contributed by atoms with van der Waals surface area (Å²) in [6.45, 7) is 6.70. The molecule has 8 nitrogen and oxygen atoms in total. The number of benzene rings is 2. The number of fused-ring (bicyclic) bond motifs is 2. The number of amides is 1. The second kappa shape index (κ2) is 9.49. The third-order valence-corrected chi connectivity index (χ3v) is 6.74. The third-order valence-electron chi connectivity index (χ3n) is 6.74. The van der Waals surface area contributed by atoms with Gasteiger partial charge in [-0.15, -0.1) is 0 Å². The predicted molar refractivity (Wildman–Crippen MR) is 123 cm³/mol. The molecule has 3 aliphatic rings. The third kappa shape index (κ3) is 4.72.